The molecule has 6 nitrogen and oxygen atoms in total. The van der Waals surface area contributed by atoms with Gasteiger partial charge in [0, 0.05) is 25.5 Å². The summed E-state index contributed by atoms with van der Waals surface area (Å²) in [5.41, 5.74) is -0.0818. The van der Waals surface area contributed by atoms with Gasteiger partial charge in [-0.3, -0.25) is 10.1 Å². The Hall–Kier alpha value is -1.60. The minimum Gasteiger partial charge on any atom is -0.329 e. The average molecular weight is 271 g/mol. The predicted molar refractivity (Wildman–Crippen MR) is 63.2 cm³/mol. The smallest absolute Gasteiger partial charge is 0.275 e. The van der Waals surface area contributed by atoms with Gasteiger partial charge in [-0.25, -0.2) is 9.97 Å². The first-order valence-corrected chi connectivity index (χ1v) is 5.73. The van der Waals surface area contributed by atoms with Crippen LogP contribution >= 0.6 is 23.4 Å². The highest BCUT2D eigenvalue weighted by atomic mass is 35.5. The molecule has 8 heteroatoms. The van der Waals surface area contributed by atoms with Crippen LogP contribution in [0.4, 0.5) is 5.69 Å². The number of pyridine rings is 1. The summed E-state index contributed by atoms with van der Waals surface area (Å²) in [6, 6.07) is 2.58. The van der Waals surface area contributed by atoms with Gasteiger partial charge < -0.3 is 4.57 Å². The van der Waals surface area contributed by atoms with Crippen LogP contribution in [0.3, 0.4) is 0 Å². The Kier molecular flexibility index (Phi) is 3.30. The number of halogens is 1. The van der Waals surface area contributed by atoms with Crippen LogP contribution in [0.5, 0.6) is 0 Å². The lowest BCUT2D eigenvalue weighted by atomic mass is 10.4. The molecule has 0 atom stereocenters. The second-order valence-electron chi connectivity index (χ2n) is 3.17. The summed E-state index contributed by atoms with van der Waals surface area (Å²) in [4.78, 5) is 18.3. The van der Waals surface area contributed by atoms with Gasteiger partial charge in [-0.1, -0.05) is 11.6 Å². The Labute approximate surface area is 106 Å². The van der Waals surface area contributed by atoms with E-state index in [-0.39, 0.29) is 10.8 Å². The number of nitrogens with zero attached hydrogens (tertiary/aromatic N) is 4. The lowest BCUT2D eigenvalue weighted by Gasteiger charge is -2.01. The summed E-state index contributed by atoms with van der Waals surface area (Å²) in [6.07, 6.45) is 3.42. The zero-order chi connectivity index (χ0) is 12.4. The highest BCUT2D eigenvalue weighted by Gasteiger charge is 2.12. The van der Waals surface area contributed by atoms with Crippen LogP contribution in [0.25, 0.3) is 0 Å². The molecule has 0 aromatic carbocycles. The van der Waals surface area contributed by atoms with Gasteiger partial charge in [-0.05, 0) is 11.8 Å². The van der Waals surface area contributed by atoms with E-state index in [2.05, 4.69) is 9.97 Å². The van der Waals surface area contributed by atoms with Gasteiger partial charge in [-0.2, -0.15) is 0 Å². The van der Waals surface area contributed by atoms with Crippen molar-refractivity contribution < 1.29 is 4.92 Å². The summed E-state index contributed by atoms with van der Waals surface area (Å²) in [6.45, 7) is 0. The van der Waals surface area contributed by atoms with E-state index < -0.39 is 4.92 Å². The SMILES string of the molecule is Cn1ccnc1Sc1cc([N+](=O)[O-])cc(Cl)n1. The van der Waals surface area contributed by atoms with Crippen molar-refractivity contribution in [1.29, 1.82) is 0 Å². The Morgan fingerprint density at radius 3 is 2.88 bits per heavy atom. The summed E-state index contributed by atoms with van der Waals surface area (Å²) in [5.74, 6) is 0. The largest absolute Gasteiger partial charge is 0.329 e. The molecule has 0 saturated carbocycles. The zero-order valence-corrected chi connectivity index (χ0v) is 10.3. The third-order valence-electron chi connectivity index (χ3n) is 1.94. The Balaban J connectivity index is 2.33. The van der Waals surface area contributed by atoms with Crippen LogP contribution in [0, 0.1) is 10.1 Å². The molecule has 0 bridgehead atoms. The number of aromatic nitrogens is 3. The molecule has 0 aliphatic heterocycles. The first kappa shape index (κ1) is 11.9. The van der Waals surface area contributed by atoms with Crippen LogP contribution in [-0.2, 0) is 7.05 Å². The predicted octanol–water partition coefficient (Wildman–Crippen LogP) is 2.53. The van der Waals surface area contributed by atoms with Crippen LogP contribution in [0.1, 0.15) is 0 Å². The van der Waals surface area contributed by atoms with Crippen LogP contribution in [-0.4, -0.2) is 19.5 Å². The molecule has 2 rings (SSSR count). The topological polar surface area (TPSA) is 73.8 Å². The number of nitro groups is 1. The fraction of sp³-hybridized carbons (Fsp3) is 0.111. The standard InChI is InChI=1S/C9H7ClN4O2S/c1-13-3-2-11-9(13)17-8-5-6(14(15)16)4-7(10)12-8/h2-5H,1H3. The maximum atomic E-state index is 10.7. The fourth-order valence-corrected chi connectivity index (χ4v) is 2.24. The molecular formula is C9H7ClN4O2S. The van der Waals surface area contributed by atoms with E-state index in [4.69, 9.17) is 11.6 Å². The molecule has 0 fully saturated rings. The summed E-state index contributed by atoms with van der Waals surface area (Å²) in [5, 5.41) is 11.9. The van der Waals surface area contributed by atoms with Crippen LogP contribution in [0.2, 0.25) is 5.15 Å². The molecule has 0 aliphatic carbocycles. The quantitative estimate of drug-likeness (QED) is 0.487. The van der Waals surface area contributed by atoms with Gasteiger partial charge in [0.2, 0.25) is 0 Å². The number of hydrogen-bond acceptors (Lipinski definition) is 5. The molecule has 0 spiro atoms. The second-order valence-corrected chi connectivity index (χ2v) is 4.54. The number of imidazole rings is 1. The van der Waals surface area contributed by atoms with Gasteiger partial charge >= 0.3 is 0 Å². The minimum absolute atomic E-state index is 0.0818. The first-order chi connectivity index (χ1) is 8.06. The third-order valence-corrected chi connectivity index (χ3v) is 3.13. The van der Waals surface area contributed by atoms with Crippen LogP contribution < -0.4 is 0 Å². The molecule has 0 saturated heterocycles. The van der Waals surface area contributed by atoms with E-state index in [1.54, 1.807) is 17.0 Å². The van der Waals surface area contributed by atoms with E-state index in [0.29, 0.717) is 10.2 Å². The van der Waals surface area contributed by atoms with E-state index in [9.17, 15) is 10.1 Å². The van der Waals surface area contributed by atoms with Crippen molar-refractivity contribution in [3.8, 4) is 0 Å². The monoisotopic (exact) mass is 270 g/mol. The van der Waals surface area contributed by atoms with Crippen molar-refractivity contribution in [1.82, 2.24) is 14.5 Å². The van der Waals surface area contributed by atoms with Gasteiger partial charge in [-0.15, -0.1) is 0 Å². The van der Waals surface area contributed by atoms with Gasteiger partial charge in [0.25, 0.3) is 5.69 Å². The second kappa shape index (κ2) is 4.72. The first-order valence-electron chi connectivity index (χ1n) is 4.53. The van der Waals surface area contributed by atoms with Crippen molar-refractivity contribution in [2.45, 2.75) is 10.2 Å². The van der Waals surface area contributed by atoms with Crippen molar-refractivity contribution in [3.63, 3.8) is 0 Å². The van der Waals surface area contributed by atoms with Crippen molar-refractivity contribution >= 4 is 29.1 Å². The molecule has 0 N–H and O–H groups in total. The van der Waals surface area contributed by atoms with E-state index in [1.807, 2.05) is 7.05 Å². The minimum atomic E-state index is -0.504. The molecule has 0 amide bonds. The van der Waals surface area contributed by atoms with Gasteiger partial charge in [0.1, 0.15) is 10.2 Å². The van der Waals surface area contributed by atoms with Crippen LogP contribution in [0.15, 0.2) is 34.7 Å². The van der Waals surface area contributed by atoms with Crippen molar-refractivity contribution in [2.75, 3.05) is 0 Å². The average Bonchev–Trinajstić information content (AvgIpc) is 2.63. The fourth-order valence-electron chi connectivity index (χ4n) is 1.16. The Bertz CT molecular complexity index is 572. The van der Waals surface area contributed by atoms with E-state index >= 15 is 0 Å². The maximum absolute atomic E-state index is 10.7. The van der Waals surface area contributed by atoms with Crippen molar-refractivity contribution in [2.24, 2.45) is 7.05 Å². The highest BCUT2D eigenvalue weighted by molar-refractivity contribution is 7.99. The molecular weight excluding hydrogens is 264 g/mol. The molecule has 0 unspecified atom stereocenters. The molecule has 2 aromatic heterocycles. The molecule has 17 heavy (non-hydrogen) atoms. The Morgan fingerprint density at radius 1 is 1.53 bits per heavy atom. The summed E-state index contributed by atoms with van der Waals surface area (Å²) < 4.78 is 1.79. The molecule has 88 valence electrons. The lowest BCUT2D eigenvalue weighted by molar-refractivity contribution is -0.385. The van der Waals surface area contributed by atoms with Gasteiger partial charge in [0.05, 0.1) is 11.0 Å². The highest BCUT2D eigenvalue weighted by Crippen LogP contribution is 2.28. The number of aryl methyl sites for hydroxylation is 1. The number of hydrogen-bond donors (Lipinski definition) is 0. The lowest BCUT2D eigenvalue weighted by Crippen LogP contribution is -1.93. The third kappa shape index (κ3) is 2.75. The summed E-state index contributed by atoms with van der Waals surface area (Å²) in [7, 11) is 1.83. The van der Waals surface area contributed by atoms with Crippen molar-refractivity contribution in [3.05, 3.63) is 39.8 Å². The van der Waals surface area contributed by atoms with E-state index in [0.717, 1.165) is 0 Å². The normalized spacial score (nSPS) is 10.5. The van der Waals surface area contributed by atoms with E-state index in [1.165, 1.54) is 23.9 Å². The summed E-state index contributed by atoms with van der Waals surface area (Å²) >= 11 is 6.94. The van der Waals surface area contributed by atoms with Gasteiger partial charge in [0.15, 0.2) is 5.16 Å². The molecule has 2 heterocycles. The molecule has 2 aromatic rings. The molecule has 0 aliphatic rings. The molecule has 0 radical (unpaired) electrons. The maximum Gasteiger partial charge on any atom is 0.275 e. The zero-order valence-electron chi connectivity index (χ0n) is 8.70. The number of rotatable bonds is 3. The Morgan fingerprint density at radius 2 is 2.29 bits per heavy atom.